The third kappa shape index (κ3) is 5.51. The summed E-state index contributed by atoms with van der Waals surface area (Å²) in [5, 5.41) is 0. The first-order chi connectivity index (χ1) is 9.23. The fourth-order valence-corrected chi connectivity index (χ4v) is 2.34. The van der Waals surface area contributed by atoms with Crippen molar-refractivity contribution in [3.8, 4) is 0 Å². The SMILES string of the molecule is CCCN(CC(N)c1cc(C)ccc1C)CC(F)(F)F. The minimum absolute atomic E-state index is 0.220. The third-order valence-corrected chi connectivity index (χ3v) is 3.23. The van der Waals surface area contributed by atoms with Crippen LogP contribution in [0.15, 0.2) is 18.2 Å². The van der Waals surface area contributed by atoms with Crippen LogP contribution in [0, 0.1) is 13.8 Å². The Balaban J connectivity index is 2.79. The highest BCUT2D eigenvalue weighted by atomic mass is 19.4. The molecule has 0 aliphatic rings. The Morgan fingerprint density at radius 2 is 1.90 bits per heavy atom. The van der Waals surface area contributed by atoms with Crippen LogP contribution in [0.2, 0.25) is 0 Å². The molecule has 1 unspecified atom stereocenters. The maximum absolute atomic E-state index is 12.5. The van der Waals surface area contributed by atoms with Gasteiger partial charge in [0.2, 0.25) is 0 Å². The molecule has 0 radical (unpaired) electrons. The summed E-state index contributed by atoms with van der Waals surface area (Å²) in [5.74, 6) is 0. The molecule has 1 aromatic carbocycles. The highest BCUT2D eigenvalue weighted by molar-refractivity contribution is 5.33. The Labute approximate surface area is 118 Å². The van der Waals surface area contributed by atoms with Crippen LogP contribution >= 0.6 is 0 Å². The van der Waals surface area contributed by atoms with Gasteiger partial charge in [-0.2, -0.15) is 13.2 Å². The Bertz CT molecular complexity index is 430. The average Bonchev–Trinajstić information content (AvgIpc) is 2.30. The molecule has 0 fully saturated rings. The zero-order valence-corrected chi connectivity index (χ0v) is 12.3. The summed E-state index contributed by atoms with van der Waals surface area (Å²) < 4.78 is 37.6. The summed E-state index contributed by atoms with van der Waals surface area (Å²) in [6.07, 6.45) is -3.51. The number of hydrogen-bond donors (Lipinski definition) is 1. The molecule has 0 amide bonds. The molecule has 0 saturated carbocycles. The van der Waals surface area contributed by atoms with Gasteiger partial charge in [0.15, 0.2) is 0 Å². The molecule has 5 heteroatoms. The third-order valence-electron chi connectivity index (χ3n) is 3.23. The zero-order chi connectivity index (χ0) is 15.3. The molecule has 114 valence electrons. The van der Waals surface area contributed by atoms with Crippen LogP contribution in [0.1, 0.15) is 36.1 Å². The van der Waals surface area contributed by atoms with Gasteiger partial charge < -0.3 is 5.73 Å². The summed E-state index contributed by atoms with van der Waals surface area (Å²) in [6.45, 7) is 5.47. The summed E-state index contributed by atoms with van der Waals surface area (Å²) in [7, 11) is 0. The van der Waals surface area contributed by atoms with Crippen molar-refractivity contribution in [2.75, 3.05) is 19.6 Å². The topological polar surface area (TPSA) is 29.3 Å². The van der Waals surface area contributed by atoms with Crippen LogP contribution in [-0.2, 0) is 0 Å². The Morgan fingerprint density at radius 3 is 2.45 bits per heavy atom. The predicted octanol–water partition coefficient (Wildman–Crippen LogP) is 3.58. The molecule has 20 heavy (non-hydrogen) atoms. The largest absolute Gasteiger partial charge is 0.401 e. The van der Waals surface area contributed by atoms with E-state index in [2.05, 4.69) is 0 Å². The van der Waals surface area contributed by atoms with Crippen molar-refractivity contribution in [3.05, 3.63) is 34.9 Å². The van der Waals surface area contributed by atoms with E-state index >= 15 is 0 Å². The van der Waals surface area contributed by atoms with Gasteiger partial charge in [-0.25, -0.2) is 0 Å². The van der Waals surface area contributed by atoms with Crippen LogP contribution in [0.25, 0.3) is 0 Å². The van der Waals surface area contributed by atoms with Gasteiger partial charge in [0.25, 0.3) is 0 Å². The minimum Gasteiger partial charge on any atom is -0.323 e. The van der Waals surface area contributed by atoms with Crippen molar-refractivity contribution in [2.45, 2.75) is 39.4 Å². The molecule has 1 rings (SSSR count). The molecule has 1 atom stereocenters. The average molecular weight is 288 g/mol. The van der Waals surface area contributed by atoms with E-state index in [0.717, 1.165) is 16.7 Å². The van der Waals surface area contributed by atoms with E-state index in [0.29, 0.717) is 13.0 Å². The molecule has 0 bridgehead atoms. The molecule has 0 aromatic heterocycles. The number of nitrogens with two attached hydrogens (primary N) is 1. The fourth-order valence-electron chi connectivity index (χ4n) is 2.34. The lowest BCUT2D eigenvalue weighted by Crippen LogP contribution is -2.39. The molecular formula is C15H23F3N2. The quantitative estimate of drug-likeness (QED) is 0.867. The van der Waals surface area contributed by atoms with Gasteiger partial charge in [-0.3, -0.25) is 4.90 Å². The Hall–Kier alpha value is -1.07. The number of hydrogen-bond acceptors (Lipinski definition) is 2. The maximum atomic E-state index is 12.5. The van der Waals surface area contributed by atoms with E-state index in [-0.39, 0.29) is 6.54 Å². The first kappa shape index (κ1) is 17.0. The first-order valence-corrected chi connectivity index (χ1v) is 6.84. The Morgan fingerprint density at radius 1 is 1.25 bits per heavy atom. The lowest BCUT2D eigenvalue weighted by molar-refractivity contribution is -0.146. The van der Waals surface area contributed by atoms with Crippen molar-refractivity contribution in [3.63, 3.8) is 0 Å². The van der Waals surface area contributed by atoms with E-state index < -0.39 is 18.8 Å². The Kier molecular flexibility index (Phi) is 6.02. The molecule has 0 spiro atoms. The van der Waals surface area contributed by atoms with Crippen molar-refractivity contribution in [1.82, 2.24) is 4.90 Å². The van der Waals surface area contributed by atoms with Crippen molar-refractivity contribution >= 4 is 0 Å². The molecule has 0 heterocycles. The lowest BCUT2D eigenvalue weighted by Gasteiger charge is -2.27. The normalized spacial score (nSPS) is 13.8. The van der Waals surface area contributed by atoms with Crippen LogP contribution in [0.4, 0.5) is 13.2 Å². The van der Waals surface area contributed by atoms with Gasteiger partial charge in [-0.1, -0.05) is 30.7 Å². The second kappa shape index (κ2) is 7.09. The molecule has 2 nitrogen and oxygen atoms in total. The van der Waals surface area contributed by atoms with Gasteiger partial charge in [0, 0.05) is 12.6 Å². The van der Waals surface area contributed by atoms with E-state index in [1.807, 2.05) is 39.0 Å². The smallest absolute Gasteiger partial charge is 0.323 e. The van der Waals surface area contributed by atoms with Crippen molar-refractivity contribution < 1.29 is 13.2 Å². The summed E-state index contributed by atoms with van der Waals surface area (Å²) in [6, 6.07) is 5.49. The number of rotatable bonds is 6. The number of halogens is 3. The van der Waals surface area contributed by atoms with Crippen LogP contribution < -0.4 is 5.73 Å². The highest BCUT2D eigenvalue weighted by Crippen LogP contribution is 2.21. The molecule has 1 aromatic rings. The summed E-state index contributed by atoms with van der Waals surface area (Å²) in [4.78, 5) is 1.38. The van der Waals surface area contributed by atoms with Gasteiger partial charge in [-0.05, 0) is 37.9 Å². The standard InChI is InChI=1S/C15H23F3N2/c1-4-7-20(10-15(16,17)18)9-14(19)13-8-11(2)5-6-12(13)3/h5-6,8,14H,4,7,9-10,19H2,1-3H3. The number of aryl methyl sites for hydroxylation is 2. The molecule has 0 saturated heterocycles. The second-order valence-corrected chi connectivity index (χ2v) is 5.32. The highest BCUT2D eigenvalue weighted by Gasteiger charge is 2.31. The zero-order valence-electron chi connectivity index (χ0n) is 12.3. The molecular weight excluding hydrogens is 265 g/mol. The number of alkyl halides is 3. The molecule has 2 N–H and O–H groups in total. The van der Waals surface area contributed by atoms with E-state index in [9.17, 15) is 13.2 Å². The van der Waals surface area contributed by atoms with E-state index in [4.69, 9.17) is 5.73 Å². The van der Waals surface area contributed by atoms with Crippen molar-refractivity contribution in [1.29, 1.82) is 0 Å². The van der Waals surface area contributed by atoms with E-state index in [1.54, 1.807) is 0 Å². The van der Waals surface area contributed by atoms with E-state index in [1.165, 1.54) is 4.90 Å². The lowest BCUT2D eigenvalue weighted by atomic mass is 9.99. The second-order valence-electron chi connectivity index (χ2n) is 5.32. The summed E-state index contributed by atoms with van der Waals surface area (Å²) in [5.41, 5.74) is 9.12. The van der Waals surface area contributed by atoms with Crippen LogP contribution in [0.3, 0.4) is 0 Å². The van der Waals surface area contributed by atoms with Crippen LogP contribution in [-0.4, -0.2) is 30.7 Å². The molecule has 0 aliphatic heterocycles. The summed E-state index contributed by atoms with van der Waals surface area (Å²) >= 11 is 0. The fraction of sp³-hybridized carbons (Fsp3) is 0.600. The molecule has 0 aliphatic carbocycles. The first-order valence-electron chi connectivity index (χ1n) is 6.84. The minimum atomic E-state index is -4.18. The van der Waals surface area contributed by atoms with Gasteiger partial charge in [0.05, 0.1) is 6.54 Å². The predicted molar refractivity (Wildman–Crippen MR) is 75.6 cm³/mol. The van der Waals surface area contributed by atoms with Crippen molar-refractivity contribution in [2.24, 2.45) is 5.73 Å². The maximum Gasteiger partial charge on any atom is 0.401 e. The number of nitrogens with zero attached hydrogens (tertiary/aromatic N) is 1. The van der Waals surface area contributed by atoms with Crippen LogP contribution in [0.5, 0.6) is 0 Å². The van der Waals surface area contributed by atoms with Gasteiger partial charge >= 0.3 is 6.18 Å². The van der Waals surface area contributed by atoms with Gasteiger partial charge in [0.1, 0.15) is 0 Å². The monoisotopic (exact) mass is 288 g/mol. The van der Waals surface area contributed by atoms with Gasteiger partial charge in [-0.15, -0.1) is 0 Å². The number of benzene rings is 1.